The Labute approximate surface area is 272 Å². The number of carbonyl (C=O) groups is 1. The number of aliphatic hydroxyl groups is 1. The van der Waals surface area contributed by atoms with Crippen molar-refractivity contribution < 1.29 is 19.0 Å². The number of hydrogen-bond acceptors (Lipinski definition) is 10. The normalized spacial score (nSPS) is 16.5. The van der Waals surface area contributed by atoms with E-state index in [1.54, 1.807) is 18.3 Å². The van der Waals surface area contributed by atoms with Gasteiger partial charge in [-0.1, -0.05) is 6.07 Å². The fourth-order valence-electron chi connectivity index (χ4n) is 5.29. The van der Waals surface area contributed by atoms with Gasteiger partial charge in [0, 0.05) is 88.6 Å². The molecule has 1 aliphatic carbocycles. The van der Waals surface area contributed by atoms with E-state index in [1.165, 1.54) is 23.5 Å². The molecular weight excluding hydrogens is 607 g/mol. The van der Waals surface area contributed by atoms with Crippen molar-refractivity contribution in [2.24, 2.45) is 0 Å². The smallest absolute Gasteiger partial charge is 0.319 e. The number of likely N-dealkylation sites (N-methyl/N-ethyl adjacent to an activating group) is 1. The third-order valence-corrected chi connectivity index (χ3v) is 9.23. The number of thiophene rings is 1. The molecular formula is C33H41FN8O3S. The van der Waals surface area contributed by atoms with Crippen molar-refractivity contribution in [3.05, 3.63) is 66.2 Å². The first-order valence-corrected chi connectivity index (χ1v) is 16.5. The molecule has 0 radical (unpaired) electrons. The van der Waals surface area contributed by atoms with Crippen LogP contribution in [-0.4, -0.2) is 108 Å². The summed E-state index contributed by atoms with van der Waals surface area (Å²) in [6, 6.07) is 12.1. The van der Waals surface area contributed by atoms with Crippen molar-refractivity contribution in [3.63, 3.8) is 0 Å². The van der Waals surface area contributed by atoms with E-state index in [0.29, 0.717) is 18.0 Å². The lowest BCUT2D eigenvalue weighted by Crippen LogP contribution is -2.52. The number of aliphatic hydroxyl groups excluding tert-OH is 1. The van der Waals surface area contributed by atoms with Crippen molar-refractivity contribution in [1.29, 1.82) is 0 Å². The number of nitrogens with zero attached hydrogens (tertiary/aromatic N) is 5. The van der Waals surface area contributed by atoms with Crippen LogP contribution in [0, 0.1) is 5.82 Å². The van der Waals surface area contributed by atoms with Crippen molar-refractivity contribution >= 4 is 33.3 Å². The molecule has 1 saturated carbocycles. The van der Waals surface area contributed by atoms with Gasteiger partial charge in [0.15, 0.2) is 11.6 Å². The summed E-state index contributed by atoms with van der Waals surface area (Å²) < 4.78 is 21.7. The average molecular weight is 649 g/mol. The fraction of sp³-hybridized carbons (Fsp3) is 0.424. The predicted molar refractivity (Wildman–Crippen MR) is 179 cm³/mol. The van der Waals surface area contributed by atoms with Gasteiger partial charge in [-0.3, -0.25) is 19.8 Å². The zero-order valence-electron chi connectivity index (χ0n) is 26.2. The molecule has 1 aliphatic heterocycles. The third kappa shape index (κ3) is 8.55. The number of fused-ring (bicyclic) bond motifs is 1. The van der Waals surface area contributed by atoms with Gasteiger partial charge in [-0.05, 0) is 56.8 Å². The van der Waals surface area contributed by atoms with Gasteiger partial charge in [0.1, 0.15) is 12.0 Å². The van der Waals surface area contributed by atoms with E-state index in [4.69, 9.17) is 9.72 Å². The Morgan fingerprint density at radius 2 is 1.93 bits per heavy atom. The van der Waals surface area contributed by atoms with Crippen LogP contribution in [0.3, 0.4) is 0 Å². The Kier molecular flexibility index (Phi) is 10.4. The molecule has 244 valence electrons. The molecule has 4 N–H and O–H groups in total. The van der Waals surface area contributed by atoms with Crippen LogP contribution in [-0.2, 0) is 6.54 Å². The van der Waals surface area contributed by atoms with Crippen molar-refractivity contribution in [2.75, 3.05) is 65.2 Å². The Morgan fingerprint density at radius 1 is 1.11 bits per heavy atom. The standard InChI is InChI=1S/C33H41FN8O3S/c1-40(2)12-11-35-20-31(43)42-15-13-41(14-16-42)21-22-3-7-26(37-19-22)30-18-27-32(46-30)29(9-10-36-27)45-28-8-6-24(17-25(28)34)39-33(44)38-23-4-5-23/h3,6-10,17-19,23,31,35,43H,4-5,11-16,20-21H2,1-2H3,(H2,38,39,44). The van der Waals surface area contributed by atoms with Gasteiger partial charge < -0.3 is 30.7 Å². The number of rotatable bonds is 13. The van der Waals surface area contributed by atoms with Crippen molar-refractivity contribution in [2.45, 2.75) is 31.7 Å². The second-order valence-corrected chi connectivity index (χ2v) is 13.2. The number of hydrogen-bond donors (Lipinski definition) is 4. The van der Waals surface area contributed by atoms with Gasteiger partial charge in [0.05, 0.1) is 20.8 Å². The lowest BCUT2D eigenvalue weighted by molar-refractivity contribution is -0.0250. The third-order valence-electron chi connectivity index (χ3n) is 8.07. The van der Waals surface area contributed by atoms with E-state index in [2.05, 4.69) is 41.7 Å². The summed E-state index contributed by atoms with van der Waals surface area (Å²) in [7, 11) is 4.08. The summed E-state index contributed by atoms with van der Waals surface area (Å²) in [5.74, 6) is -0.0175. The van der Waals surface area contributed by atoms with Crippen LogP contribution in [0.5, 0.6) is 11.5 Å². The number of ether oxygens (including phenoxy) is 1. The summed E-state index contributed by atoms with van der Waals surface area (Å²) in [4.78, 5) is 28.8. The summed E-state index contributed by atoms with van der Waals surface area (Å²) in [6.07, 6.45) is 5.03. The van der Waals surface area contributed by atoms with Gasteiger partial charge in [-0.25, -0.2) is 9.18 Å². The van der Waals surface area contributed by atoms with Gasteiger partial charge in [-0.2, -0.15) is 0 Å². The quantitative estimate of drug-likeness (QED) is 0.159. The lowest BCUT2D eigenvalue weighted by Gasteiger charge is -2.37. The maximum atomic E-state index is 14.9. The van der Waals surface area contributed by atoms with Crippen molar-refractivity contribution in [1.82, 2.24) is 35.3 Å². The minimum absolute atomic E-state index is 0.0603. The second-order valence-electron chi connectivity index (χ2n) is 12.1. The number of anilines is 1. The SMILES string of the molecule is CN(C)CCNCC(O)N1CCN(Cc2ccc(-c3cc4nccc(Oc5ccc(NC(=O)NC6CC6)cc5F)c4s3)nc2)CC1. The molecule has 3 aromatic heterocycles. The summed E-state index contributed by atoms with van der Waals surface area (Å²) in [5, 5.41) is 19.4. The van der Waals surface area contributed by atoms with Gasteiger partial charge in [0.25, 0.3) is 0 Å². The zero-order valence-corrected chi connectivity index (χ0v) is 27.0. The number of urea groups is 1. The molecule has 1 atom stereocenters. The number of pyridine rings is 2. The average Bonchev–Trinajstić information content (AvgIpc) is 3.74. The van der Waals surface area contributed by atoms with E-state index in [9.17, 15) is 14.3 Å². The summed E-state index contributed by atoms with van der Waals surface area (Å²) >= 11 is 1.49. The summed E-state index contributed by atoms with van der Waals surface area (Å²) in [5.41, 5.74) is 3.06. The molecule has 2 amide bonds. The topological polar surface area (TPSA) is 118 Å². The molecule has 1 aromatic carbocycles. The first kappa shape index (κ1) is 32.2. The van der Waals surface area contributed by atoms with Crippen LogP contribution in [0.15, 0.2) is 54.9 Å². The maximum absolute atomic E-state index is 14.9. The molecule has 6 rings (SSSR count). The van der Waals surface area contributed by atoms with E-state index in [-0.39, 0.29) is 17.8 Å². The van der Waals surface area contributed by atoms with Crippen LogP contribution in [0.1, 0.15) is 18.4 Å². The number of carbonyl (C=O) groups excluding carboxylic acids is 1. The number of benzene rings is 1. The van der Waals surface area contributed by atoms with Gasteiger partial charge in [0.2, 0.25) is 0 Å². The highest BCUT2D eigenvalue weighted by Crippen LogP contribution is 2.39. The molecule has 2 aliphatic rings. The Morgan fingerprint density at radius 3 is 2.65 bits per heavy atom. The van der Waals surface area contributed by atoms with Crippen LogP contribution >= 0.6 is 11.3 Å². The number of amides is 2. The van der Waals surface area contributed by atoms with E-state index in [0.717, 1.165) is 85.0 Å². The molecule has 11 nitrogen and oxygen atoms in total. The molecule has 46 heavy (non-hydrogen) atoms. The largest absolute Gasteiger partial charge is 0.453 e. The number of halogens is 1. The van der Waals surface area contributed by atoms with Crippen LogP contribution in [0.4, 0.5) is 14.9 Å². The molecule has 4 aromatic rings. The van der Waals surface area contributed by atoms with E-state index >= 15 is 0 Å². The molecule has 1 saturated heterocycles. The first-order valence-electron chi connectivity index (χ1n) is 15.7. The van der Waals surface area contributed by atoms with E-state index < -0.39 is 12.0 Å². The Bertz CT molecular complexity index is 1620. The molecule has 0 bridgehead atoms. The number of nitrogens with one attached hydrogen (secondary N) is 3. The predicted octanol–water partition coefficient (Wildman–Crippen LogP) is 4.16. The molecule has 2 fully saturated rings. The van der Waals surface area contributed by atoms with Gasteiger partial charge in [-0.15, -0.1) is 11.3 Å². The van der Waals surface area contributed by atoms with Crippen LogP contribution < -0.4 is 20.7 Å². The second kappa shape index (κ2) is 14.8. The van der Waals surface area contributed by atoms with Crippen LogP contribution in [0.25, 0.3) is 20.8 Å². The lowest BCUT2D eigenvalue weighted by atomic mass is 10.2. The highest BCUT2D eigenvalue weighted by Gasteiger charge is 2.24. The fourth-order valence-corrected chi connectivity index (χ4v) is 6.33. The highest BCUT2D eigenvalue weighted by molar-refractivity contribution is 7.22. The van der Waals surface area contributed by atoms with E-state index in [1.807, 2.05) is 32.4 Å². The molecule has 4 heterocycles. The minimum atomic E-state index is -0.576. The van der Waals surface area contributed by atoms with Crippen molar-refractivity contribution in [3.8, 4) is 22.1 Å². The Hall–Kier alpha value is -3.72. The van der Waals surface area contributed by atoms with Gasteiger partial charge >= 0.3 is 6.03 Å². The molecule has 0 spiro atoms. The minimum Gasteiger partial charge on any atom is -0.453 e. The highest BCUT2D eigenvalue weighted by atomic mass is 32.1. The number of piperazine rings is 1. The monoisotopic (exact) mass is 648 g/mol. The summed E-state index contributed by atoms with van der Waals surface area (Å²) in [6.45, 7) is 6.59. The number of aromatic nitrogens is 2. The molecule has 13 heteroatoms. The maximum Gasteiger partial charge on any atom is 0.319 e. The first-order chi connectivity index (χ1) is 22.3. The molecule has 1 unspecified atom stereocenters. The Balaban J connectivity index is 1.03. The van der Waals surface area contributed by atoms with Crippen LogP contribution in [0.2, 0.25) is 0 Å². The zero-order chi connectivity index (χ0) is 32.0.